The molecule has 338 valence electrons. The van der Waals surface area contributed by atoms with Gasteiger partial charge in [-0.15, -0.1) is 0 Å². The molecule has 27 heteroatoms. The normalized spacial score (nSPS) is 14.1. The summed E-state index contributed by atoms with van der Waals surface area (Å²) in [5.74, 6) is -6.34. The van der Waals surface area contributed by atoms with Crippen LogP contribution in [0.1, 0.15) is 60.3 Å². The number of nitrogens with two attached hydrogens (primary N) is 8. The SMILES string of the molecule is CC(C)CC(N)C(=O)O.CC(O)C(N)C(=O)O.CCC(C)C(N)C(=O)O.N=C(N)NCCCC(N)C(=O)O.NC(CSSCC(N)C(=O)O)C(=O)O.NCC(=O)O. The van der Waals surface area contributed by atoms with Gasteiger partial charge in [0.05, 0.1) is 12.6 Å². The minimum Gasteiger partial charge on any atom is -0.480 e. The standard InChI is InChI=1S/C6H14N4O2.C6H12N2O4S2.2C6H13NO2.C4H9NO3.C2H5NO2/c7-4(5(11)12)2-1-3-10-6(8)9;7-3(5(9)10)1-13-14-2-4(8)6(11)12;1-4(2)3-5(7)6(8)9;1-3-4(2)5(7)6(8)9;1-2(6)3(5)4(7)8;3-1-2(4)5/h4H,1-3,7H2,(H,11,12)(H4,8,9,10);3-4H,1-2,7-8H2,(H,9,10)(H,11,12);2*4-5H,3,7H2,1-2H3,(H,8,9);2-3,6H,5H2,1H3,(H,7,8);1,3H2,(H,4,5). The van der Waals surface area contributed by atoms with Gasteiger partial charge in [-0.2, -0.15) is 0 Å². The number of guanidine groups is 1. The summed E-state index contributed by atoms with van der Waals surface area (Å²) < 4.78 is 0. The van der Waals surface area contributed by atoms with Crippen LogP contribution in [0.5, 0.6) is 0 Å². The van der Waals surface area contributed by atoms with Crippen LogP contribution in [-0.4, -0.2) is 156 Å². The maximum Gasteiger partial charge on any atom is 0.323 e. The van der Waals surface area contributed by atoms with E-state index in [0.29, 0.717) is 31.7 Å². The Kier molecular flexibility index (Phi) is 45.7. The van der Waals surface area contributed by atoms with E-state index in [-0.39, 0.29) is 29.9 Å². The van der Waals surface area contributed by atoms with E-state index in [1.165, 1.54) is 28.5 Å². The second-order valence-electron chi connectivity index (χ2n) is 11.9. The molecular formula is C30H66N10O15S2. The lowest BCUT2D eigenvalue weighted by molar-refractivity contribution is -0.141. The topological polar surface area (TPSA) is 525 Å². The van der Waals surface area contributed by atoms with Crippen molar-refractivity contribution < 1.29 is 74.4 Å². The molecule has 0 saturated heterocycles. The highest BCUT2D eigenvalue weighted by molar-refractivity contribution is 8.76. The van der Waals surface area contributed by atoms with Crippen LogP contribution in [0.15, 0.2) is 0 Å². The fourth-order valence-corrected chi connectivity index (χ4v) is 4.59. The largest absolute Gasteiger partial charge is 0.480 e. The van der Waals surface area contributed by atoms with Gasteiger partial charge in [0.1, 0.15) is 36.3 Å². The summed E-state index contributed by atoms with van der Waals surface area (Å²) in [4.78, 5) is 70.1. The van der Waals surface area contributed by atoms with Crippen molar-refractivity contribution in [2.75, 3.05) is 24.6 Å². The van der Waals surface area contributed by atoms with Crippen molar-refractivity contribution in [2.45, 2.75) is 103 Å². The fourth-order valence-electron chi connectivity index (χ4n) is 2.37. The molecule has 0 saturated carbocycles. The molecule has 57 heavy (non-hydrogen) atoms. The second-order valence-corrected chi connectivity index (χ2v) is 14.5. The number of rotatable bonds is 21. The Bertz CT molecular complexity index is 1140. The van der Waals surface area contributed by atoms with Crippen LogP contribution in [0.4, 0.5) is 0 Å². The van der Waals surface area contributed by atoms with Gasteiger partial charge >= 0.3 is 41.8 Å². The molecule has 8 atom stereocenters. The summed E-state index contributed by atoms with van der Waals surface area (Å²) in [5, 5.41) is 75.4. The van der Waals surface area contributed by atoms with E-state index >= 15 is 0 Å². The molecule has 0 heterocycles. The smallest absolute Gasteiger partial charge is 0.323 e. The molecule has 0 aliphatic heterocycles. The predicted molar refractivity (Wildman–Crippen MR) is 215 cm³/mol. The molecule has 8 unspecified atom stereocenters. The van der Waals surface area contributed by atoms with Crippen LogP contribution in [0.3, 0.4) is 0 Å². The first-order valence-electron chi connectivity index (χ1n) is 16.8. The molecule has 0 aliphatic carbocycles. The first kappa shape index (κ1) is 64.8. The Morgan fingerprint density at radius 3 is 1.16 bits per heavy atom. The van der Waals surface area contributed by atoms with Crippen molar-refractivity contribution in [3.63, 3.8) is 0 Å². The van der Waals surface area contributed by atoms with Crippen LogP contribution in [0.2, 0.25) is 0 Å². The maximum atomic E-state index is 10.3. The van der Waals surface area contributed by atoms with E-state index in [9.17, 15) is 33.6 Å². The monoisotopic (exact) mass is 870 g/mol. The van der Waals surface area contributed by atoms with Crippen LogP contribution in [0.25, 0.3) is 0 Å². The van der Waals surface area contributed by atoms with Crippen LogP contribution >= 0.6 is 21.6 Å². The van der Waals surface area contributed by atoms with Gasteiger partial charge in [-0.3, -0.25) is 39.0 Å². The Labute approximate surface area is 338 Å². The van der Waals surface area contributed by atoms with Crippen molar-refractivity contribution in [3.05, 3.63) is 0 Å². The quantitative estimate of drug-likeness (QED) is 0.0231. The number of hydrogen-bond donors (Lipinski definition) is 18. The highest BCUT2D eigenvalue weighted by atomic mass is 33.1. The summed E-state index contributed by atoms with van der Waals surface area (Å²) in [6.45, 7) is 9.19. The van der Waals surface area contributed by atoms with Crippen LogP contribution in [-0.2, 0) is 33.6 Å². The van der Waals surface area contributed by atoms with Gasteiger partial charge in [0.2, 0.25) is 0 Å². The Hall–Kier alpha value is -4.06. The van der Waals surface area contributed by atoms with E-state index in [1.807, 2.05) is 27.7 Å². The number of aliphatic hydroxyl groups excluding tert-OH is 1. The lowest BCUT2D eigenvalue weighted by Crippen LogP contribution is -2.39. The van der Waals surface area contributed by atoms with E-state index in [2.05, 4.69) is 11.1 Å². The van der Waals surface area contributed by atoms with Crippen molar-refractivity contribution in [2.24, 2.45) is 57.7 Å². The molecule has 0 fully saturated rings. The molecule has 0 radical (unpaired) electrons. The predicted octanol–water partition coefficient (Wildman–Crippen LogP) is -3.45. The molecule has 0 amide bonds. The summed E-state index contributed by atoms with van der Waals surface area (Å²) in [6, 6.07) is -5.21. The Balaban J connectivity index is -0.000000140. The summed E-state index contributed by atoms with van der Waals surface area (Å²) in [7, 11) is 2.41. The van der Waals surface area contributed by atoms with Crippen molar-refractivity contribution in [3.8, 4) is 0 Å². The summed E-state index contributed by atoms with van der Waals surface area (Å²) in [6.07, 6.45) is 1.36. The lowest BCUT2D eigenvalue weighted by atomic mass is 10.0. The Morgan fingerprint density at radius 1 is 0.632 bits per heavy atom. The molecular weight excluding hydrogens is 805 g/mol. The zero-order chi connectivity index (χ0) is 46.6. The summed E-state index contributed by atoms with van der Waals surface area (Å²) in [5.41, 5.74) is 40.6. The molecule has 0 aromatic heterocycles. The second kappa shape index (κ2) is 40.1. The van der Waals surface area contributed by atoms with Gasteiger partial charge in [-0.25, -0.2) is 0 Å². The van der Waals surface area contributed by atoms with Crippen molar-refractivity contribution >= 4 is 69.3 Å². The highest BCUT2D eigenvalue weighted by Gasteiger charge is 2.18. The van der Waals surface area contributed by atoms with Crippen LogP contribution in [0, 0.1) is 17.2 Å². The zero-order valence-corrected chi connectivity index (χ0v) is 34.4. The van der Waals surface area contributed by atoms with Gasteiger partial charge in [0.15, 0.2) is 5.96 Å². The molecule has 26 N–H and O–H groups in total. The van der Waals surface area contributed by atoms with Gasteiger partial charge in [0, 0.05) is 18.1 Å². The highest BCUT2D eigenvalue weighted by Crippen LogP contribution is 2.22. The molecule has 0 aliphatic rings. The number of carbonyl (C=O) groups is 7. The minimum absolute atomic E-state index is 0.0718. The van der Waals surface area contributed by atoms with E-state index in [4.69, 9.17) is 86.4 Å². The number of carboxylic acid groups (broad SMARTS) is 7. The third-order valence-electron chi connectivity index (χ3n) is 6.10. The van der Waals surface area contributed by atoms with E-state index in [1.54, 1.807) is 0 Å². The van der Waals surface area contributed by atoms with Crippen molar-refractivity contribution in [1.29, 1.82) is 5.41 Å². The van der Waals surface area contributed by atoms with Gasteiger partial charge < -0.3 is 92.0 Å². The molecule has 25 nitrogen and oxygen atoms in total. The number of aliphatic hydroxyl groups is 1. The molecule has 0 rings (SSSR count). The maximum absolute atomic E-state index is 10.3. The number of hydrogen-bond acceptors (Lipinski definition) is 18. The lowest BCUT2D eigenvalue weighted by Gasteiger charge is -2.11. The number of nitrogens with one attached hydrogen (secondary N) is 2. The molecule has 0 aromatic carbocycles. The molecule has 0 aromatic rings. The Morgan fingerprint density at radius 2 is 0.982 bits per heavy atom. The minimum atomic E-state index is -1.18. The van der Waals surface area contributed by atoms with Crippen molar-refractivity contribution in [1.82, 2.24) is 5.32 Å². The van der Waals surface area contributed by atoms with E-state index in [0.717, 1.165) is 6.42 Å². The average Bonchev–Trinajstić information content (AvgIpc) is 3.11. The molecule has 0 bridgehead atoms. The third-order valence-corrected chi connectivity index (χ3v) is 8.58. The van der Waals surface area contributed by atoms with Gasteiger partial charge in [0.25, 0.3) is 0 Å². The number of carboxylic acids is 7. The van der Waals surface area contributed by atoms with Gasteiger partial charge in [-0.1, -0.05) is 55.7 Å². The van der Waals surface area contributed by atoms with E-state index < -0.39 is 84.1 Å². The fraction of sp³-hybridized carbons (Fsp3) is 0.733. The first-order chi connectivity index (χ1) is 25.9. The average molecular weight is 871 g/mol. The van der Waals surface area contributed by atoms with Crippen LogP contribution < -0.4 is 51.2 Å². The zero-order valence-electron chi connectivity index (χ0n) is 32.7. The van der Waals surface area contributed by atoms with Gasteiger partial charge in [-0.05, 0) is 38.0 Å². The summed E-state index contributed by atoms with van der Waals surface area (Å²) >= 11 is 0. The molecule has 0 spiro atoms. The first-order valence-corrected chi connectivity index (χ1v) is 19.3. The third kappa shape index (κ3) is 51.9. The number of aliphatic carboxylic acids is 7.